The predicted molar refractivity (Wildman–Crippen MR) is 85.1 cm³/mol. The minimum absolute atomic E-state index is 0.710. The van der Waals surface area contributed by atoms with Gasteiger partial charge < -0.3 is 9.72 Å². The van der Waals surface area contributed by atoms with Crippen molar-refractivity contribution in [3.63, 3.8) is 0 Å². The molecule has 1 heterocycles. The number of aldehydes is 1. The summed E-state index contributed by atoms with van der Waals surface area (Å²) in [6.45, 7) is 4.10. The number of nitrogens with one attached hydrogen (secondary N) is 1. The topological polar surface area (TPSA) is 42.1 Å². The fourth-order valence-electron chi connectivity index (χ4n) is 2.78. The average Bonchev–Trinajstić information content (AvgIpc) is 2.86. The summed E-state index contributed by atoms with van der Waals surface area (Å²) in [6.07, 6.45) is 0.928. The van der Waals surface area contributed by atoms with E-state index in [1.165, 1.54) is 0 Å². The van der Waals surface area contributed by atoms with Crippen LogP contribution < -0.4 is 4.74 Å². The lowest BCUT2D eigenvalue weighted by Crippen LogP contribution is -1.86. The summed E-state index contributed by atoms with van der Waals surface area (Å²) >= 11 is 0. The molecule has 21 heavy (non-hydrogen) atoms. The lowest BCUT2D eigenvalue weighted by Gasteiger charge is -2.02. The molecule has 0 fully saturated rings. The Hall–Kier alpha value is -2.55. The summed E-state index contributed by atoms with van der Waals surface area (Å²) in [5, 5.41) is 0.980. The number of aryl methyl sites for hydroxylation is 2. The van der Waals surface area contributed by atoms with E-state index in [4.69, 9.17) is 4.74 Å². The van der Waals surface area contributed by atoms with Crippen LogP contribution in [0, 0.1) is 13.8 Å². The molecule has 3 heteroatoms. The minimum atomic E-state index is 0.710. The summed E-state index contributed by atoms with van der Waals surface area (Å²) in [5.41, 5.74) is 5.87. The van der Waals surface area contributed by atoms with E-state index in [0.29, 0.717) is 5.56 Å². The highest BCUT2D eigenvalue weighted by atomic mass is 16.5. The SMILES string of the molecule is COc1ccc(-c2[nH]c3c(C)cc(C)cc3c2C=O)cc1. The Morgan fingerprint density at radius 2 is 1.81 bits per heavy atom. The van der Waals surface area contributed by atoms with Crippen LogP contribution >= 0.6 is 0 Å². The number of hydrogen-bond donors (Lipinski definition) is 1. The predicted octanol–water partition coefficient (Wildman–Crippen LogP) is 4.27. The third kappa shape index (κ3) is 2.21. The largest absolute Gasteiger partial charge is 0.497 e. The number of aromatic amines is 1. The maximum absolute atomic E-state index is 11.6. The van der Waals surface area contributed by atoms with Gasteiger partial charge in [0.2, 0.25) is 0 Å². The zero-order valence-corrected chi connectivity index (χ0v) is 12.4. The van der Waals surface area contributed by atoms with Crippen LogP contribution in [0.15, 0.2) is 36.4 Å². The smallest absolute Gasteiger partial charge is 0.152 e. The quantitative estimate of drug-likeness (QED) is 0.727. The molecule has 0 radical (unpaired) electrons. The molecule has 0 unspecified atom stereocenters. The Bertz CT molecular complexity index is 813. The van der Waals surface area contributed by atoms with Gasteiger partial charge in [0, 0.05) is 16.5 Å². The normalized spacial score (nSPS) is 10.8. The number of H-pyrrole nitrogens is 1. The molecule has 3 nitrogen and oxygen atoms in total. The molecule has 0 amide bonds. The van der Waals surface area contributed by atoms with Gasteiger partial charge >= 0.3 is 0 Å². The van der Waals surface area contributed by atoms with Crippen LogP contribution in [-0.4, -0.2) is 18.4 Å². The van der Waals surface area contributed by atoms with E-state index in [1.807, 2.05) is 31.2 Å². The first-order chi connectivity index (χ1) is 10.1. The van der Waals surface area contributed by atoms with E-state index in [0.717, 1.165) is 45.3 Å². The third-order valence-electron chi connectivity index (χ3n) is 3.79. The number of fused-ring (bicyclic) bond motifs is 1. The number of benzene rings is 2. The Kier molecular flexibility index (Phi) is 3.26. The number of ether oxygens (including phenoxy) is 1. The number of carbonyl (C=O) groups excluding carboxylic acids is 1. The molecular formula is C18H17NO2. The van der Waals surface area contributed by atoms with E-state index < -0.39 is 0 Å². The second-order valence-electron chi connectivity index (χ2n) is 5.26. The highest BCUT2D eigenvalue weighted by Gasteiger charge is 2.14. The first kappa shape index (κ1) is 13.4. The Balaban J connectivity index is 2.26. The van der Waals surface area contributed by atoms with Crippen LogP contribution in [0.4, 0.5) is 0 Å². The van der Waals surface area contributed by atoms with Crippen molar-refractivity contribution in [1.82, 2.24) is 4.98 Å². The van der Waals surface area contributed by atoms with E-state index in [1.54, 1.807) is 7.11 Å². The van der Waals surface area contributed by atoms with Crippen molar-refractivity contribution in [2.45, 2.75) is 13.8 Å². The number of carbonyl (C=O) groups is 1. The molecule has 0 saturated heterocycles. The zero-order chi connectivity index (χ0) is 15.0. The number of aromatic nitrogens is 1. The third-order valence-corrected chi connectivity index (χ3v) is 3.79. The van der Waals surface area contributed by atoms with E-state index in [9.17, 15) is 4.79 Å². The molecular weight excluding hydrogens is 262 g/mol. The van der Waals surface area contributed by atoms with E-state index in [-0.39, 0.29) is 0 Å². The molecule has 1 N–H and O–H groups in total. The molecule has 0 spiro atoms. The molecule has 2 aromatic carbocycles. The molecule has 106 valence electrons. The van der Waals surface area contributed by atoms with Crippen molar-refractivity contribution in [2.24, 2.45) is 0 Å². The molecule has 1 aromatic heterocycles. The Labute approximate surface area is 123 Å². The summed E-state index contributed by atoms with van der Waals surface area (Å²) in [6, 6.07) is 11.9. The highest BCUT2D eigenvalue weighted by molar-refractivity contribution is 6.05. The standard InChI is InChI=1S/C18H17NO2/c1-11-8-12(2)17-15(9-11)16(10-20)18(19-17)13-4-6-14(21-3)7-5-13/h4-10,19H,1-3H3. The van der Waals surface area contributed by atoms with Crippen LogP contribution in [-0.2, 0) is 0 Å². The van der Waals surface area contributed by atoms with Gasteiger partial charge in [0.05, 0.1) is 12.8 Å². The Morgan fingerprint density at radius 1 is 1.10 bits per heavy atom. The highest BCUT2D eigenvalue weighted by Crippen LogP contribution is 2.32. The van der Waals surface area contributed by atoms with Gasteiger partial charge in [-0.1, -0.05) is 11.6 Å². The lowest BCUT2D eigenvalue weighted by atomic mass is 10.0. The van der Waals surface area contributed by atoms with Gasteiger partial charge in [-0.15, -0.1) is 0 Å². The van der Waals surface area contributed by atoms with Gasteiger partial charge in [0.1, 0.15) is 5.75 Å². The molecule has 3 rings (SSSR count). The fraction of sp³-hybridized carbons (Fsp3) is 0.167. The van der Waals surface area contributed by atoms with Gasteiger partial charge in [0.15, 0.2) is 6.29 Å². The van der Waals surface area contributed by atoms with E-state index in [2.05, 4.69) is 24.0 Å². The molecule has 0 atom stereocenters. The van der Waals surface area contributed by atoms with Crippen molar-refractivity contribution in [1.29, 1.82) is 0 Å². The number of rotatable bonds is 3. The number of hydrogen-bond acceptors (Lipinski definition) is 2. The van der Waals surface area contributed by atoms with Crippen molar-refractivity contribution in [3.8, 4) is 17.0 Å². The van der Waals surface area contributed by atoms with Crippen LogP contribution in [0.2, 0.25) is 0 Å². The maximum atomic E-state index is 11.6. The van der Waals surface area contributed by atoms with Gasteiger partial charge in [-0.2, -0.15) is 0 Å². The Morgan fingerprint density at radius 3 is 2.43 bits per heavy atom. The van der Waals surface area contributed by atoms with Crippen LogP contribution in [0.25, 0.3) is 22.2 Å². The molecule has 0 aliphatic rings. The van der Waals surface area contributed by atoms with Gasteiger partial charge in [-0.25, -0.2) is 0 Å². The molecule has 3 aromatic rings. The monoisotopic (exact) mass is 279 g/mol. The summed E-state index contributed by atoms with van der Waals surface area (Å²) in [4.78, 5) is 15.0. The van der Waals surface area contributed by atoms with Crippen molar-refractivity contribution < 1.29 is 9.53 Å². The lowest BCUT2D eigenvalue weighted by molar-refractivity contribution is 0.112. The van der Waals surface area contributed by atoms with E-state index >= 15 is 0 Å². The molecule has 0 aliphatic heterocycles. The van der Waals surface area contributed by atoms with Crippen molar-refractivity contribution in [3.05, 3.63) is 53.1 Å². The fourth-order valence-corrected chi connectivity index (χ4v) is 2.78. The van der Waals surface area contributed by atoms with Crippen molar-refractivity contribution >= 4 is 17.2 Å². The molecule has 0 saturated carbocycles. The number of methoxy groups -OCH3 is 1. The van der Waals surface area contributed by atoms with Crippen molar-refractivity contribution in [2.75, 3.05) is 7.11 Å². The second-order valence-corrected chi connectivity index (χ2v) is 5.26. The summed E-state index contributed by atoms with van der Waals surface area (Å²) in [5.74, 6) is 0.800. The van der Waals surface area contributed by atoms with Crippen LogP contribution in [0.5, 0.6) is 5.75 Å². The van der Waals surface area contributed by atoms with Crippen LogP contribution in [0.3, 0.4) is 0 Å². The minimum Gasteiger partial charge on any atom is -0.497 e. The van der Waals surface area contributed by atoms with Gasteiger partial charge in [0.25, 0.3) is 0 Å². The van der Waals surface area contributed by atoms with Gasteiger partial charge in [-0.05, 0) is 55.3 Å². The maximum Gasteiger partial charge on any atom is 0.152 e. The summed E-state index contributed by atoms with van der Waals surface area (Å²) in [7, 11) is 1.64. The second kappa shape index (κ2) is 5.09. The first-order valence-corrected chi connectivity index (χ1v) is 6.86. The first-order valence-electron chi connectivity index (χ1n) is 6.86. The molecule has 0 bridgehead atoms. The van der Waals surface area contributed by atoms with Gasteiger partial charge in [-0.3, -0.25) is 4.79 Å². The average molecular weight is 279 g/mol. The molecule has 0 aliphatic carbocycles. The zero-order valence-electron chi connectivity index (χ0n) is 12.4. The van der Waals surface area contributed by atoms with Crippen LogP contribution in [0.1, 0.15) is 21.5 Å². The summed E-state index contributed by atoms with van der Waals surface area (Å²) < 4.78 is 5.18.